The molecule has 6 nitrogen and oxygen atoms in total. The average Bonchev–Trinajstić information content (AvgIpc) is 3.15. The number of carbonyl (C=O) groups is 2. The molecule has 1 aliphatic heterocycles. The van der Waals surface area contributed by atoms with Crippen LogP contribution in [0.1, 0.15) is 43.6 Å². The summed E-state index contributed by atoms with van der Waals surface area (Å²) in [6.07, 6.45) is 2.51. The second kappa shape index (κ2) is 10.1. The van der Waals surface area contributed by atoms with Crippen LogP contribution < -0.4 is 5.32 Å². The molecule has 0 radical (unpaired) electrons. The summed E-state index contributed by atoms with van der Waals surface area (Å²) in [7, 11) is 0. The van der Waals surface area contributed by atoms with Crippen LogP contribution in [0.5, 0.6) is 0 Å². The molecule has 2 aromatic rings. The van der Waals surface area contributed by atoms with Gasteiger partial charge in [-0.15, -0.1) is 0 Å². The third kappa shape index (κ3) is 5.52. The number of hydrogen-bond donors (Lipinski definition) is 2. The van der Waals surface area contributed by atoms with E-state index in [4.69, 9.17) is 16.3 Å². The van der Waals surface area contributed by atoms with Gasteiger partial charge in [0.05, 0.1) is 0 Å². The Hall–Kier alpha value is -2.05. The van der Waals surface area contributed by atoms with E-state index in [1.54, 1.807) is 0 Å². The highest BCUT2D eigenvalue weighted by atomic mass is 35.5. The molecule has 0 bridgehead atoms. The van der Waals surface area contributed by atoms with Gasteiger partial charge in [0.25, 0.3) is 5.91 Å². The molecular formula is C22H30ClN3O3. The van der Waals surface area contributed by atoms with Crippen LogP contribution in [-0.2, 0) is 9.53 Å². The van der Waals surface area contributed by atoms with Crippen LogP contribution in [0.25, 0.3) is 10.9 Å². The Bertz CT molecular complexity index is 843. The average molecular weight is 420 g/mol. The molecule has 2 amide bonds. The van der Waals surface area contributed by atoms with Crippen LogP contribution in [0.4, 0.5) is 0 Å². The number of ether oxygens (including phenoxy) is 1. The van der Waals surface area contributed by atoms with E-state index in [1.165, 1.54) is 0 Å². The number of aromatic amines is 1. The number of fused-ring (bicyclic) bond motifs is 1. The number of piperidine rings is 1. The molecule has 1 atom stereocenters. The number of aromatic nitrogens is 1. The van der Waals surface area contributed by atoms with Crippen molar-refractivity contribution in [3.05, 3.63) is 35.0 Å². The normalized spacial score (nSPS) is 16.2. The van der Waals surface area contributed by atoms with Crippen LogP contribution in [0, 0.1) is 11.8 Å². The van der Waals surface area contributed by atoms with Gasteiger partial charge in [-0.3, -0.25) is 9.59 Å². The number of amides is 2. The molecule has 2 heterocycles. The van der Waals surface area contributed by atoms with Crippen molar-refractivity contribution < 1.29 is 14.3 Å². The highest BCUT2D eigenvalue weighted by Gasteiger charge is 2.30. The third-order valence-electron chi connectivity index (χ3n) is 5.73. The highest BCUT2D eigenvalue weighted by molar-refractivity contribution is 6.31. The van der Waals surface area contributed by atoms with Crippen LogP contribution in [0.3, 0.4) is 0 Å². The zero-order chi connectivity index (χ0) is 20.8. The summed E-state index contributed by atoms with van der Waals surface area (Å²) in [6, 6.07) is 7.40. The lowest BCUT2D eigenvalue weighted by atomic mass is 9.84. The molecule has 7 heteroatoms. The number of rotatable bonds is 8. The molecule has 2 N–H and O–H groups in total. The van der Waals surface area contributed by atoms with Gasteiger partial charge in [-0.05, 0) is 56.4 Å². The van der Waals surface area contributed by atoms with Crippen LogP contribution in [0.2, 0.25) is 5.02 Å². The lowest BCUT2D eigenvalue weighted by Gasteiger charge is -2.34. The molecule has 0 saturated carbocycles. The lowest BCUT2D eigenvalue weighted by molar-refractivity contribution is -0.126. The number of nitrogens with zero attached hydrogens (tertiary/aromatic N) is 1. The van der Waals surface area contributed by atoms with Crippen molar-refractivity contribution in [3.8, 4) is 0 Å². The zero-order valence-corrected chi connectivity index (χ0v) is 17.9. The Balaban J connectivity index is 1.48. The van der Waals surface area contributed by atoms with Gasteiger partial charge in [0, 0.05) is 54.7 Å². The fourth-order valence-corrected chi connectivity index (χ4v) is 4.08. The van der Waals surface area contributed by atoms with Crippen LogP contribution in [-0.4, -0.2) is 54.5 Å². The smallest absolute Gasteiger partial charge is 0.270 e. The van der Waals surface area contributed by atoms with Gasteiger partial charge in [0.15, 0.2) is 0 Å². The molecule has 0 spiro atoms. The number of H-pyrrole nitrogens is 1. The molecular weight excluding hydrogens is 390 g/mol. The Labute approximate surface area is 176 Å². The first-order valence-electron chi connectivity index (χ1n) is 10.4. The maximum absolute atomic E-state index is 12.9. The van der Waals surface area contributed by atoms with Crippen molar-refractivity contribution in [2.24, 2.45) is 11.8 Å². The standard InChI is InChI=1S/C22H30ClN3O3/c1-3-29-12-4-9-24-21(27)15(2)16-7-10-26(11-8-16)22(28)20-14-17-13-18(23)5-6-19(17)25-20/h5-6,13-16,25H,3-4,7-12H2,1-2H3,(H,24,27)/t15-/m1/s1. The molecule has 1 aromatic heterocycles. The fraction of sp³-hybridized carbons (Fsp3) is 0.545. The fourth-order valence-electron chi connectivity index (χ4n) is 3.90. The van der Waals surface area contributed by atoms with Gasteiger partial charge in [-0.2, -0.15) is 0 Å². The Kier molecular flexibility index (Phi) is 7.56. The molecule has 29 heavy (non-hydrogen) atoms. The van der Waals surface area contributed by atoms with Gasteiger partial charge in [-0.25, -0.2) is 0 Å². The van der Waals surface area contributed by atoms with E-state index >= 15 is 0 Å². The van der Waals surface area contributed by atoms with Gasteiger partial charge in [0.2, 0.25) is 5.91 Å². The topological polar surface area (TPSA) is 74.4 Å². The highest BCUT2D eigenvalue weighted by Crippen LogP contribution is 2.27. The van der Waals surface area contributed by atoms with Crippen LogP contribution >= 0.6 is 11.6 Å². The first kappa shape index (κ1) is 21.7. The van der Waals surface area contributed by atoms with Gasteiger partial charge in [-0.1, -0.05) is 18.5 Å². The Morgan fingerprint density at radius 2 is 2.07 bits per heavy atom. The molecule has 1 fully saturated rings. The maximum Gasteiger partial charge on any atom is 0.270 e. The first-order chi connectivity index (χ1) is 14.0. The third-order valence-corrected chi connectivity index (χ3v) is 5.96. The number of halogens is 1. The molecule has 0 aliphatic carbocycles. The van der Waals surface area contributed by atoms with E-state index in [1.807, 2.05) is 43.0 Å². The quantitative estimate of drug-likeness (QED) is 0.638. The van der Waals surface area contributed by atoms with Crippen molar-refractivity contribution in [2.75, 3.05) is 32.8 Å². The second-order valence-electron chi connectivity index (χ2n) is 7.67. The summed E-state index contributed by atoms with van der Waals surface area (Å²) in [5, 5.41) is 4.59. The molecule has 3 rings (SSSR count). The summed E-state index contributed by atoms with van der Waals surface area (Å²) >= 11 is 6.03. The van der Waals surface area contributed by atoms with Crippen molar-refractivity contribution in [1.82, 2.24) is 15.2 Å². The second-order valence-corrected chi connectivity index (χ2v) is 8.11. The Morgan fingerprint density at radius 1 is 1.31 bits per heavy atom. The summed E-state index contributed by atoms with van der Waals surface area (Å²) < 4.78 is 5.29. The number of carbonyl (C=O) groups excluding carboxylic acids is 2. The summed E-state index contributed by atoms with van der Waals surface area (Å²) in [5.74, 6) is 0.351. The molecule has 1 saturated heterocycles. The van der Waals surface area contributed by atoms with Crippen molar-refractivity contribution >= 4 is 34.3 Å². The number of hydrogen-bond acceptors (Lipinski definition) is 3. The van der Waals surface area contributed by atoms with Crippen molar-refractivity contribution in [1.29, 1.82) is 0 Å². The monoisotopic (exact) mass is 419 g/mol. The summed E-state index contributed by atoms with van der Waals surface area (Å²) in [5.41, 5.74) is 1.49. The van der Waals surface area contributed by atoms with E-state index in [0.717, 1.165) is 30.2 Å². The Morgan fingerprint density at radius 3 is 2.79 bits per heavy atom. The van der Waals surface area contributed by atoms with E-state index < -0.39 is 0 Å². The zero-order valence-electron chi connectivity index (χ0n) is 17.2. The first-order valence-corrected chi connectivity index (χ1v) is 10.8. The number of benzene rings is 1. The van der Waals surface area contributed by atoms with E-state index in [-0.39, 0.29) is 17.7 Å². The van der Waals surface area contributed by atoms with E-state index in [9.17, 15) is 9.59 Å². The minimum absolute atomic E-state index is 0.00352. The maximum atomic E-state index is 12.9. The number of likely N-dealkylation sites (tertiary alicyclic amines) is 1. The molecule has 158 valence electrons. The lowest BCUT2D eigenvalue weighted by Crippen LogP contribution is -2.43. The number of nitrogens with one attached hydrogen (secondary N) is 2. The molecule has 1 aliphatic rings. The molecule has 0 unspecified atom stereocenters. The van der Waals surface area contributed by atoms with Gasteiger partial charge < -0.3 is 19.9 Å². The van der Waals surface area contributed by atoms with Crippen LogP contribution in [0.15, 0.2) is 24.3 Å². The predicted octanol–water partition coefficient (Wildman–Crippen LogP) is 3.85. The summed E-state index contributed by atoms with van der Waals surface area (Å²) in [6.45, 7) is 7.31. The van der Waals surface area contributed by atoms with Crippen molar-refractivity contribution in [2.45, 2.75) is 33.1 Å². The van der Waals surface area contributed by atoms with Crippen molar-refractivity contribution in [3.63, 3.8) is 0 Å². The van der Waals surface area contributed by atoms with Gasteiger partial charge >= 0.3 is 0 Å². The minimum atomic E-state index is -0.0467. The largest absolute Gasteiger partial charge is 0.382 e. The van der Waals surface area contributed by atoms with E-state index in [0.29, 0.717) is 49.5 Å². The molecule has 1 aromatic carbocycles. The predicted molar refractivity (Wildman–Crippen MR) is 115 cm³/mol. The van der Waals surface area contributed by atoms with E-state index in [2.05, 4.69) is 10.3 Å². The minimum Gasteiger partial charge on any atom is -0.382 e. The summed E-state index contributed by atoms with van der Waals surface area (Å²) in [4.78, 5) is 30.3. The SMILES string of the molecule is CCOCCCNC(=O)[C@H](C)C1CCN(C(=O)c2cc3cc(Cl)ccc3[nH]2)CC1. The van der Waals surface area contributed by atoms with Gasteiger partial charge in [0.1, 0.15) is 5.69 Å².